The molecule has 0 aliphatic heterocycles. The van der Waals surface area contributed by atoms with E-state index < -0.39 is 0 Å². The van der Waals surface area contributed by atoms with Gasteiger partial charge in [0.1, 0.15) is 0 Å². The summed E-state index contributed by atoms with van der Waals surface area (Å²) < 4.78 is 0. The van der Waals surface area contributed by atoms with Crippen molar-refractivity contribution in [3.8, 4) is 0 Å². The zero-order valence-electron chi connectivity index (χ0n) is 7.91. The van der Waals surface area contributed by atoms with Gasteiger partial charge >= 0.3 is 0 Å². The van der Waals surface area contributed by atoms with Gasteiger partial charge in [0.15, 0.2) is 0 Å². The maximum Gasteiger partial charge on any atom is 0.00142 e. The molecule has 11 heavy (non-hydrogen) atoms. The Morgan fingerprint density at radius 2 is 1.09 bits per heavy atom. The fourth-order valence-corrected chi connectivity index (χ4v) is 1.22. The summed E-state index contributed by atoms with van der Waals surface area (Å²) in [6.07, 6.45) is 1.23. The van der Waals surface area contributed by atoms with E-state index in [0.29, 0.717) is 22.3 Å². The third-order valence-electron chi connectivity index (χ3n) is 2.39. The molecule has 0 spiro atoms. The van der Waals surface area contributed by atoms with Crippen LogP contribution in [0.2, 0.25) is 0 Å². The van der Waals surface area contributed by atoms with Crippen molar-refractivity contribution in [2.45, 2.75) is 44.6 Å². The van der Waals surface area contributed by atoms with Gasteiger partial charge in [0.05, 0.1) is 0 Å². The van der Waals surface area contributed by atoms with Gasteiger partial charge < -0.3 is 0 Å². The molecule has 0 saturated carbocycles. The molecule has 0 rings (SSSR count). The first kappa shape index (κ1) is 11.7. The molecule has 0 saturated heterocycles. The summed E-state index contributed by atoms with van der Waals surface area (Å²) in [5, 5.41) is 1.01. The molecular formula is C9H20S2. The van der Waals surface area contributed by atoms with Crippen molar-refractivity contribution >= 4 is 25.3 Å². The molecule has 0 bridgehead atoms. The average molecular weight is 192 g/mol. The van der Waals surface area contributed by atoms with E-state index in [9.17, 15) is 0 Å². The van der Waals surface area contributed by atoms with Crippen LogP contribution in [0.15, 0.2) is 0 Å². The second kappa shape index (κ2) is 5.36. The van der Waals surface area contributed by atoms with E-state index in [-0.39, 0.29) is 0 Å². The standard InChI is InChI=1S/C9H20S2/c1-6(8(3)10)5-7(2)9(4)11/h6-11H,5H2,1-4H3. The highest BCUT2D eigenvalue weighted by atomic mass is 32.1. The summed E-state index contributed by atoms with van der Waals surface area (Å²) in [5.41, 5.74) is 0. The predicted molar refractivity (Wildman–Crippen MR) is 59.8 cm³/mol. The Morgan fingerprint density at radius 1 is 0.818 bits per heavy atom. The van der Waals surface area contributed by atoms with Crippen molar-refractivity contribution in [3.05, 3.63) is 0 Å². The SMILES string of the molecule is CC(S)C(C)CC(C)C(C)S. The van der Waals surface area contributed by atoms with Crippen LogP contribution < -0.4 is 0 Å². The van der Waals surface area contributed by atoms with Gasteiger partial charge in [-0.05, 0) is 18.3 Å². The molecule has 0 N–H and O–H groups in total. The lowest BCUT2D eigenvalue weighted by Gasteiger charge is -2.21. The van der Waals surface area contributed by atoms with Gasteiger partial charge in [-0.25, -0.2) is 0 Å². The lowest BCUT2D eigenvalue weighted by molar-refractivity contribution is 0.412. The smallest absolute Gasteiger partial charge is 0.00142 e. The van der Waals surface area contributed by atoms with Crippen molar-refractivity contribution < 1.29 is 0 Å². The van der Waals surface area contributed by atoms with E-state index in [2.05, 4.69) is 53.0 Å². The molecule has 0 aliphatic carbocycles. The highest BCUT2D eigenvalue weighted by Crippen LogP contribution is 2.22. The van der Waals surface area contributed by atoms with Crippen LogP contribution in [0.4, 0.5) is 0 Å². The van der Waals surface area contributed by atoms with Crippen LogP contribution in [0.5, 0.6) is 0 Å². The van der Waals surface area contributed by atoms with Crippen LogP contribution in [0.1, 0.15) is 34.1 Å². The van der Waals surface area contributed by atoms with Crippen LogP contribution >= 0.6 is 25.3 Å². The Labute approximate surface area is 82.0 Å². The number of rotatable bonds is 4. The normalized spacial score (nSPS) is 22.4. The van der Waals surface area contributed by atoms with Crippen molar-refractivity contribution in [3.63, 3.8) is 0 Å². The van der Waals surface area contributed by atoms with Crippen LogP contribution in [-0.4, -0.2) is 10.5 Å². The molecule has 0 aliphatic rings. The van der Waals surface area contributed by atoms with E-state index in [1.54, 1.807) is 0 Å². The summed E-state index contributed by atoms with van der Waals surface area (Å²) in [6.45, 7) is 8.82. The van der Waals surface area contributed by atoms with E-state index in [1.165, 1.54) is 6.42 Å². The number of hydrogen-bond donors (Lipinski definition) is 2. The van der Waals surface area contributed by atoms with Crippen LogP contribution in [-0.2, 0) is 0 Å². The Balaban J connectivity index is 3.66. The zero-order chi connectivity index (χ0) is 9.02. The van der Waals surface area contributed by atoms with E-state index in [0.717, 1.165) is 0 Å². The lowest BCUT2D eigenvalue weighted by atomic mass is 9.93. The Bertz CT molecular complexity index is 87.7. The maximum atomic E-state index is 4.41. The third kappa shape index (κ3) is 5.02. The van der Waals surface area contributed by atoms with Crippen LogP contribution in [0.3, 0.4) is 0 Å². The molecular weight excluding hydrogens is 172 g/mol. The molecule has 68 valence electrons. The molecule has 4 unspecified atom stereocenters. The zero-order valence-corrected chi connectivity index (χ0v) is 9.70. The molecule has 0 heterocycles. The molecule has 0 aromatic carbocycles. The van der Waals surface area contributed by atoms with E-state index in [1.807, 2.05) is 0 Å². The Hall–Kier alpha value is 0.700. The summed E-state index contributed by atoms with van der Waals surface area (Å²) in [6, 6.07) is 0. The van der Waals surface area contributed by atoms with Crippen molar-refractivity contribution in [2.75, 3.05) is 0 Å². The average Bonchev–Trinajstić information content (AvgIpc) is 1.87. The monoisotopic (exact) mass is 192 g/mol. The molecule has 0 radical (unpaired) electrons. The first-order chi connectivity index (χ1) is 4.95. The highest BCUT2D eigenvalue weighted by Gasteiger charge is 2.14. The van der Waals surface area contributed by atoms with Crippen LogP contribution in [0, 0.1) is 11.8 Å². The molecule has 0 aromatic rings. The minimum atomic E-state index is 0.504. The summed E-state index contributed by atoms with van der Waals surface area (Å²) in [5.74, 6) is 1.39. The second-order valence-electron chi connectivity index (χ2n) is 3.67. The maximum absolute atomic E-state index is 4.41. The fraction of sp³-hybridized carbons (Fsp3) is 1.00. The van der Waals surface area contributed by atoms with Gasteiger partial charge in [-0.1, -0.05) is 27.7 Å². The summed E-state index contributed by atoms with van der Waals surface area (Å²) in [7, 11) is 0. The molecule has 0 nitrogen and oxygen atoms in total. The second-order valence-corrected chi connectivity index (χ2v) is 5.30. The first-order valence-electron chi connectivity index (χ1n) is 4.31. The van der Waals surface area contributed by atoms with Gasteiger partial charge in [0.25, 0.3) is 0 Å². The first-order valence-corrected chi connectivity index (χ1v) is 5.34. The van der Waals surface area contributed by atoms with E-state index in [4.69, 9.17) is 0 Å². The van der Waals surface area contributed by atoms with Crippen LogP contribution in [0.25, 0.3) is 0 Å². The molecule has 0 aromatic heterocycles. The fourth-order valence-electron chi connectivity index (χ4n) is 0.980. The summed E-state index contributed by atoms with van der Waals surface area (Å²) >= 11 is 8.82. The largest absolute Gasteiger partial charge is 0.176 e. The third-order valence-corrected chi connectivity index (χ3v) is 3.41. The quantitative estimate of drug-likeness (QED) is 0.628. The van der Waals surface area contributed by atoms with Crippen molar-refractivity contribution in [2.24, 2.45) is 11.8 Å². The number of thiol groups is 2. The Morgan fingerprint density at radius 3 is 1.27 bits per heavy atom. The minimum absolute atomic E-state index is 0.504. The van der Waals surface area contributed by atoms with E-state index >= 15 is 0 Å². The molecule has 0 amide bonds. The summed E-state index contributed by atoms with van der Waals surface area (Å²) in [4.78, 5) is 0. The highest BCUT2D eigenvalue weighted by molar-refractivity contribution is 7.81. The molecule has 0 fully saturated rings. The van der Waals surface area contributed by atoms with Crippen molar-refractivity contribution in [1.82, 2.24) is 0 Å². The van der Waals surface area contributed by atoms with Gasteiger partial charge in [-0.15, -0.1) is 0 Å². The van der Waals surface area contributed by atoms with Gasteiger partial charge in [-0.2, -0.15) is 25.3 Å². The predicted octanol–water partition coefficient (Wildman–Crippen LogP) is 3.29. The molecule has 4 atom stereocenters. The van der Waals surface area contributed by atoms with Gasteiger partial charge in [-0.3, -0.25) is 0 Å². The lowest BCUT2D eigenvalue weighted by Crippen LogP contribution is -2.16. The van der Waals surface area contributed by atoms with Gasteiger partial charge in [0, 0.05) is 10.5 Å². The van der Waals surface area contributed by atoms with Gasteiger partial charge in [0.2, 0.25) is 0 Å². The minimum Gasteiger partial charge on any atom is -0.176 e. The number of hydrogen-bond acceptors (Lipinski definition) is 2. The van der Waals surface area contributed by atoms with Crippen molar-refractivity contribution in [1.29, 1.82) is 0 Å². The Kier molecular flexibility index (Phi) is 5.71. The molecule has 2 heteroatoms. The topological polar surface area (TPSA) is 0 Å².